The molecule has 0 atom stereocenters. The second kappa shape index (κ2) is 9.83. The van der Waals surface area contributed by atoms with E-state index in [0.717, 1.165) is 51.5 Å². The number of pyridine rings is 2. The number of hydrogen-bond acceptors (Lipinski definition) is 3. The van der Waals surface area contributed by atoms with Gasteiger partial charge in [-0.15, -0.1) is 18.2 Å². The van der Waals surface area contributed by atoms with Gasteiger partial charge >= 0.3 is 27.2 Å². The topological polar surface area (TPSA) is 39.9 Å². The molecule has 0 fully saturated rings. The summed E-state index contributed by atoms with van der Waals surface area (Å²) in [6, 6.07) is 31.4. The molecule has 3 aromatic heterocycles. The second-order valence-electron chi connectivity index (χ2n) is 8.09. The molecule has 37 heavy (non-hydrogen) atoms. The summed E-state index contributed by atoms with van der Waals surface area (Å²) in [5.74, 6) is 0.861. The maximum Gasteiger partial charge on any atom is 2.00 e. The number of rotatable bonds is 4. The average molecular weight is 675 g/mol. The molecule has 0 aliphatic carbocycles. The van der Waals surface area contributed by atoms with Crippen LogP contribution in [0.1, 0.15) is 5.56 Å². The standard InChI is InChI=1S/C29H16F3N3O.Pt/c30-29(31,32)21-13-15-34-28(18-21)36-22-7-5-6-19(16-22)20-11-12-24-23-8-1-2-9-25(23)35(26(24)17-20)27-10-3-4-14-33-27;/h1-15,18H;/q-2;+2. The first-order chi connectivity index (χ1) is 17.5. The van der Waals surface area contributed by atoms with Crippen LogP contribution in [0.2, 0.25) is 0 Å². The monoisotopic (exact) mass is 674 g/mol. The number of fused-ring (bicyclic) bond motifs is 3. The Bertz CT molecular complexity index is 1720. The molecule has 0 bridgehead atoms. The van der Waals surface area contributed by atoms with Crippen molar-refractivity contribution >= 4 is 21.8 Å². The van der Waals surface area contributed by atoms with Crippen LogP contribution in [-0.2, 0) is 27.2 Å². The van der Waals surface area contributed by atoms with Crippen LogP contribution in [-0.4, -0.2) is 14.5 Å². The van der Waals surface area contributed by atoms with Crippen molar-refractivity contribution in [1.82, 2.24) is 14.5 Å². The third-order valence-electron chi connectivity index (χ3n) is 5.80. The van der Waals surface area contributed by atoms with Gasteiger partial charge in [-0.3, -0.25) is 0 Å². The molecule has 0 amide bonds. The maximum atomic E-state index is 13.1. The second-order valence-corrected chi connectivity index (χ2v) is 8.09. The molecule has 0 radical (unpaired) electrons. The van der Waals surface area contributed by atoms with E-state index in [4.69, 9.17) is 4.74 Å². The van der Waals surface area contributed by atoms with Crippen LogP contribution in [0.25, 0.3) is 38.8 Å². The Balaban J connectivity index is 0.00000280. The van der Waals surface area contributed by atoms with Gasteiger partial charge in [-0.05, 0) is 35.2 Å². The average Bonchev–Trinajstić information content (AvgIpc) is 3.23. The molecular formula is C29H16F3N3OPt. The zero-order valence-corrected chi connectivity index (χ0v) is 21.2. The number of alkyl halides is 3. The minimum absolute atomic E-state index is 0. The van der Waals surface area contributed by atoms with Crippen LogP contribution in [0.3, 0.4) is 0 Å². The van der Waals surface area contributed by atoms with Crippen LogP contribution in [0.4, 0.5) is 13.2 Å². The summed E-state index contributed by atoms with van der Waals surface area (Å²) in [6.45, 7) is 0. The number of halogens is 3. The van der Waals surface area contributed by atoms with Crippen molar-refractivity contribution in [3.8, 4) is 28.6 Å². The summed E-state index contributed by atoms with van der Waals surface area (Å²) in [7, 11) is 0. The third-order valence-corrected chi connectivity index (χ3v) is 5.80. The van der Waals surface area contributed by atoms with Crippen molar-refractivity contribution in [2.45, 2.75) is 6.18 Å². The Hall–Kier alpha value is -3.96. The van der Waals surface area contributed by atoms with Gasteiger partial charge in [0, 0.05) is 29.7 Å². The third kappa shape index (κ3) is 4.75. The normalized spacial score (nSPS) is 11.4. The zero-order valence-electron chi connectivity index (χ0n) is 18.9. The van der Waals surface area contributed by atoms with Gasteiger partial charge in [-0.25, -0.2) is 21.1 Å². The van der Waals surface area contributed by atoms with Crippen molar-refractivity contribution < 1.29 is 39.0 Å². The van der Waals surface area contributed by atoms with Gasteiger partial charge < -0.3 is 9.30 Å². The largest absolute Gasteiger partial charge is 2.00 e. The first kappa shape index (κ1) is 24.7. The maximum absolute atomic E-state index is 13.1. The summed E-state index contributed by atoms with van der Waals surface area (Å²) < 4.78 is 46.8. The predicted octanol–water partition coefficient (Wildman–Crippen LogP) is 7.65. The molecule has 0 saturated heterocycles. The van der Waals surface area contributed by atoms with Crippen molar-refractivity contribution in [2.75, 3.05) is 0 Å². The van der Waals surface area contributed by atoms with Gasteiger partial charge in [0.2, 0.25) is 5.88 Å². The quantitative estimate of drug-likeness (QED) is 0.181. The SMILES string of the molecule is FC(F)(F)c1ccnc(Oc2[c-]c(-c3[c-]c4c(cc3)c3ccccc3n4-c3ccccn3)ccc2)c1.[Pt+2]. The molecule has 184 valence electrons. The molecule has 0 spiro atoms. The summed E-state index contributed by atoms with van der Waals surface area (Å²) in [6.07, 6.45) is -1.67. The van der Waals surface area contributed by atoms with Crippen molar-refractivity contribution in [3.63, 3.8) is 0 Å². The first-order valence-corrected chi connectivity index (χ1v) is 11.1. The molecular weight excluding hydrogens is 658 g/mol. The van der Waals surface area contributed by atoms with Crippen LogP contribution in [0.15, 0.2) is 97.3 Å². The molecule has 0 aliphatic heterocycles. The van der Waals surface area contributed by atoms with E-state index in [0.29, 0.717) is 5.56 Å². The summed E-state index contributed by atoms with van der Waals surface area (Å²) >= 11 is 0. The van der Waals surface area contributed by atoms with E-state index in [2.05, 4.69) is 32.7 Å². The number of aromatic nitrogens is 3. The Kier molecular flexibility index (Phi) is 6.57. The molecule has 3 heterocycles. The predicted molar refractivity (Wildman–Crippen MR) is 131 cm³/mol. The van der Waals surface area contributed by atoms with E-state index in [-0.39, 0.29) is 32.7 Å². The van der Waals surface area contributed by atoms with Gasteiger partial charge in [-0.1, -0.05) is 29.7 Å². The van der Waals surface area contributed by atoms with Crippen molar-refractivity contribution in [2.24, 2.45) is 0 Å². The molecule has 8 heteroatoms. The van der Waals surface area contributed by atoms with Crippen molar-refractivity contribution in [3.05, 3.63) is 115 Å². The fraction of sp³-hybridized carbons (Fsp3) is 0.0345. The van der Waals surface area contributed by atoms with E-state index < -0.39 is 11.7 Å². The van der Waals surface area contributed by atoms with E-state index in [9.17, 15) is 13.2 Å². The smallest absolute Gasteiger partial charge is 0.460 e. The fourth-order valence-corrected chi connectivity index (χ4v) is 4.19. The number of hydrogen-bond donors (Lipinski definition) is 0. The van der Waals surface area contributed by atoms with E-state index >= 15 is 0 Å². The minimum Gasteiger partial charge on any atom is -0.460 e. The molecule has 0 N–H and O–H groups in total. The van der Waals surface area contributed by atoms with E-state index in [1.54, 1.807) is 18.3 Å². The molecule has 6 rings (SSSR count). The molecule has 0 unspecified atom stereocenters. The Morgan fingerprint density at radius 1 is 0.730 bits per heavy atom. The van der Waals surface area contributed by atoms with E-state index in [1.165, 1.54) is 0 Å². The Morgan fingerprint density at radius 2 is 1.54 bits per heavy atom. The van der Waals surface area contributed by atoms with Crippen LogP contribution in [0.5, 0.6) is 11.6 Å². The summed E-state index contributed by atoms with van der Waals surface area (Å²) in [4.78, 5) is 8.44. The van der Waals surface area contributed by atoms with Crippen LogP contribution >= 0.6 is 0 Å². The Morgan fingerprint density at radius 3 is 2.35 bits per heavy atom. The number of para-hydroxylation sites is 1. The van der Waals surface area contributed by atoms with Crippen molar-refractivity contribution in [1.29, 1.82) is 0 Å². The molecule has 3 aromatic carbocycles. The number of benzene rings is 3. The number of nitrogens with zero attached hydrogens (tertiary/aromatic N) is 3. The number of ether oxygens (including phenoxy) is 1. The zero-order chi connectivity index (χ0) is 24.7. The van der Waals surface area contributed by atoms with Gasteiger partial charge in [0.1, 0.15) is 5.82 Å². The molecule has 4 nitrogen and oxygen atoms in total. The van der Waals surface area contributed by atoms with Gasteiger partial charge in [-0.2, -0.15) is 37.4 Å². The summed E-state index contributed by atoms with van der Waals surface area (Å²) in [5, 5.41) is 2.11. The fourth-order valence-electron chi connectivity index (χ4n) is 4.19. The van der Waals surface area contributed by atoms with Crippen LogP contribution in [0, 0.1) is 12.1 Å². The minimum atomic E-state index is -4.48. The Labute approximate surface area is 224 Å². The molecule has 0 aliphatic rings. The van der Waals surface area contributed by atoms with Crippen LogP contribution < -0.4 is 4.74 Å². The van der Waals surface area contributed by atoms with Gasteiger partial charge in [0.05, 0.1) is 5.56 Å². The van der Waals surface area contributed by atoms with Gasteiger partial charge in [0.15, 0.2) is 0 Å². The van der Waals surface area contributed by atoms with E-state index in [1.807, 2.05) is 54.6 Å². The molecule has 0 saturated carbocycles. The van der Waals surface area contributed by atoms with Gasteiger partial charge in [0.25, 0.3) is 0 Å². The first-order valence-electron chi connectivity index (χ1n) is 11.1. The molecule has 6 aromatic rings. The summed E-state index contributed by atoms with van der Waals surface area (Å²) in [5.41, 5.74) is 2.47.